The van der Waals surface area contributed by atoms with Gasteiger partial charge in [0, 0.05) is 30.8 Å². The highest BCUT2D eigenvalue weighted by Crippen LogP contribution is 2.45. The Morgan fingerprint density at radius 1 is 1.29 bits per heavy atom. The molecule has 2 N–H and O–H groups in total. The summed E-state index contributed by atoms with van der Waals surface area (Å²) in [4.78, 5) is 14.9. The molecule has 1 aromatic rings. The monoisotopic (exact) mass is 354 g/mol. The molecule has 1 saturated heterocycles. The minimum atomic E-state index is -0.211. The van der Waals surface area contributed by atoms with Crippen molar-refractivity contribution in [3.63, 3.8) is 0 Å². The first-order valence-electron chi connectivity index (χ1n) is 8.34. The van der Waals surface area contributed by atoms with E-state index in [0.717, 1.165) is 55.7 Å². The smallest absolute Gasteiger partial charge is 0.229 e. The number of nitrogens with two attached hydrogens (primary N) is 1. The third kappa shape index (κ3) is 3.47. The average Bonchev–Trinajstić information content (AvgIpc) is 2.84. The summed E-state index contributed by atoms with van der Waals surface area (Å²) in [7, 11) is 3.28. The maximum absolute atomic E-state index is 13.0. The van der Waals surface area contributed by atoms with E-state index in [1.807, 2.05) is 23.1 Å². The van der Waals surface area contributed by atoms with Gasteiger partial charge in [-0.2, -0.15) is 0 Å². The molecule has 1 aromatic carbocycles. The van der Waals surface area contributed by atoms with Crippen molar-refractivity contribution in [1.82, 2.24) is 4.90 Å². The van der Waals surface area contributed by atoms with E-state index in [9.17, 15) is 4.79 Å². The molecule has 1 heterocycles. The lowest BCUT2D eigenvalue weighted by Gasteiger charge is -2.35. The van der Waals surface area contributed by atoms with Gasteiger partial charge >= 0.3 is 0 Å². The van der Waals surface area contributed by atoms with Crippen LogP contribution in [0.4, 0.5) is 0 Å². The summed E-state index contributed by atoms with van der Waals surface area (Å²) in [5, 5.41) is 0. The Labute approximate surface area is 149 Å². The lowest BCUT2D eigenvalue weighted by molar-refractivity contribution is -0.138. The van der Waals surface area contributed by atoms with Crippen molar-refractivity contribution in [2.24, 2.45) is 11.1 Å². The van der Waals surface area contributed by atoms with Crippen LogP contribution in [0.25, 0.3) is 0 Å². The number of carbonyl (C=O) groups is 1. The van der Waals surface area contributed by atoms with Crippen molar-refractivity contribution < 1.29 is 14.3 Å². The van der Waals surface area contributed by atoms with E-state index in [4.69, 9.17) is 15.2 Å². The normalized spacial score (nSPS) is 26.4. The molecule has 1 aliphatic heterocycles. The predicted molar refractivity (Wildman–Crippen MR) is 95.7 cm³/mol. The first kappa shape index (κ1) is 18.9. The molecule has 0 radical (unpaired) electrons. The van der Waals surface area contributed by atoms with E-state index >= 15 is 0 Å². The SMILES string of the molecule is COc1ccc(CN2CCC3(CCCC(N)C3)C2=O)c(OC)c1.Cl. The van der Waals surface area contributed by atoms with Crippen LogP contribution in [0.15, 0.2) is 18.2 Å². The standard InChI is InChI=1S/C18H26N2O3.ClH/c1-22-15-6-5-13(16(10-15)23-2)12-20-9-8-18(17(20)21)7-3-4-14(19)11-18;/h5-6,10,14H,3-4,7-9,11-12,19H2,1-2H3;1H. The molecule has 1 saturated carbocycles. The second kappa shape index (κ2) is 7.62. The van der Waals surface area contributed by atoms with E-state index in [1.54, 1.807) is 14.2 Å². The second-order valence-electron chi connectivity index (χ2n) is 6.79. The Hall–Kier alpha value is -1.46. The average molecular weight is 355 g/mol. The minimum Gasteiger partial charge on any atom is -0.497 e. The van der Waals surface area contributed by atoms with Gasteiger partial charge in [0.05, 0.1) is 19.6 Å². The van der Waals surface area contributed by atoms with Gasteiger partial charge in [-0.1, -0.05) is 6.42 Å². The number of likely N-dealkylation sites (tertiary alicyclic amines) is 1. The van der Waals surface area contributed by atoms with E-state index in [1.165, 1.54) is 0 Å². The van der Waals surface area contributed by atoms with Gasteiger partial charge in [0.2, 0.25) is 5.91 Å². The number of hydrogen-bond donors (Lipinski definition) is 1. The highest BCUT2D eigenvalue weighted by molar-refractivity contribution is 5.85. The summed E-state index contributed by atoms with van der Waals surface area (Å²) in [6.45, 7) is 1.39. The first-order valence-corrected chi connectivity index (χ1v) is 8.34. The highest BCUT2D eigenvalue weighted by atomic mass is 35.5. The van der Waals surface area contributed by atoms with Gasteiger partial charge < -0.3 is 20.1 Å². The van der Waals surface area contributed by atoms with Crippen LogP contribution in [-0.4, -0.2) is 37.6 Å². The Bertz CT molecular complexity index is 596. The number of halogens is 1. The number of ether oxygens (including phenoxy) is 2. The van der Waals surface area contributed by atoms with Crippen molar-refractivity contribution in [2.45, 2.75) is 44.7 Å². The second-order valence-corrected chi connectivity index (χ2v) is 6.79. The number of nitrogens with zero attached hydrogens (tertiary/aromatic N) is 1. The van der Waals surface area contributed by atoms with Gasteiger partial charge in [-0.15, -0.1) is 12.4 Å². The Balaban J connectivity index is 0.00000208. The van der Waals surface area contributed by atoms with Crippen molar-refractivity contribution >= 4 is 18.3 Å². The molecule has 0 bridgehead atoms. The van der Waals surface area contributed by atoms with Gasteiger partial charge in [0.1, 0.15) is 11.5 Å². The Morgan fingerprint density at radius 2 is 2.08 bits per heavy atom. The number of methoxy groups -OCH3 is 2. The topological polar surface area (TPSA) is 64.8 Å². The fraction of sp³-hybridized carbons (Fsp3) is 0.611. The van der Waals surface area contributed by atoms with Crippen LogP contribution in [0.3, 0.4) is 0 Å². The fourth-order valence-corrected chi connectivity index (χ4v) is 4.06. The predicted octanol–water partition coefficient (Wildman–Crippen LogP) is 2.75. The van der Waals surface area contributed by atoms with E-state index < -0.39 is 0 Å². The summed E-state index contributed by atoms with van der Waals surface area (Å²) in [6.07, 6.45) is 4.85. The summed E-state index contributed by atoms with van der Waals surface area (Å²) in [6, 6.07) is 5.92. The number of hydrogen-bond acceptors (Lipinski definition) is 4. The zero-order chi connectivity index (χ0) is 16.4. The molecule has 2 aliphatic rings. The Morgan fingerprint density at radius 3 is 2.75 bits per heavy atom. The molecule has 24 heavy (non-hydrogen) atoms. The Kier molecular flexibility index (Phi) is 5.99. The lowest BCUT2D eigenvalue weighted by Crippen LogP contribution is -2.42. The third-order valence-electron chi connectivity index (χ3n) is 5.34. The zero-order valence-electron chi connectivity index (χ0n) is 14.4. The van der Waals surface area contributed by atoms with Gasteiger partial charge in [0.25, 0.3) is 0 Å². The number of benzene rings is 1. The largest absolute Gasteiger partial charge is 0.497 e. The maximum atomic E-state index is 13.0. The lowest BCUT2D eigenvalue weighted by atomic mass is 9.71. The highest BCUT2D eigenvalue weighted by Gasteiger charge is 2.48. The molecule has 0 aromatic heterocycles. The van der Waals surface area contributed by atoms with Crippen molar-refractivity contribution in [1.29, 1.82) is 0 Å². The van der Waals surface area contributed by atoms with Crippen LogP contribution >= 0.6 is 12.4 Å². The quantitative estimate of drug-likeness (QED) is 0.903. The number of amides is 1. The van der Waals surface area contributed by atoms with Crippen LogP contribution in [0.1, 0.15) is 37.7 Å². The molecular formula is C18H27ClN2O3. The summed E-state index contributed by atoms with van der Waals surface area (Å²) in [5.41, 5.74) is 6.92. The molecule has 3 rings (SSSR count). The molecule has 1 amide bonds. The van der Waals surface area contributed by atoms with Crippen LogP contribution in [0, 0.1) is 5.41 Å². The number of rotatable bonds is 4. The minimum absolute atomic E-state index is 0. The third-order valence-corrected chi connectivity index (χ3v) is 5.34. The molecule has 1 aliphatic carbocycles. The van der Waals surface area contributed by atoms with Gasteiger partial charge in [-0.05, 0) is 37.8 Å². The number of carbonyl (C=O) groups excluding carboxylic acids is 1. The molecule has 5 nitrogen and oxygen atoms in total. The molecular weight excluding hydrogens is 328 g/mol. The molecule has 2 atom stereocenters. The zero-order valence-corrected chi connectivity index (χ0v) is 15.2. The van der Waals surface area contributed by atoms with Gasteiger partial charge in [-0.25, -0.2) is 0 Å². The molecule has 134 valence electrons. The summed E-state index contributed by atoms with van der Waals surface area (Å²) in [5.74, 6) is 1.79. The summed E-state index contributed by atoms with van der Waals surface area (Å²) >= 11 is 0. The van der Waals surface area contributed by atoms with Crippen molar-refractivity contribution in [3.8, 4) is 11.5 Å². The van der Waals surface area contributed by atoms with Crippen LogP contribution in [0.2, 0.25) is 0 Å². The van der Waals surface area contributed by atoms with E-state index in [2.05, 4.69) is 0 Å². The van der Waals surface area contributed by atoms with E-state index in [0.29, 0.717) is 6.54 Å². The fourth-order valence-electron chi connectivity index (χ4n) is 4.06. The molecule has 2 unspecified atom stereocenters. The van der Waals surface area contributed by atoms with Crippen LogP contribution in [0.5, 0.6) is 11.5 Å². The van der Waals surface area contributed by atoms with E-state index in [-0.39, 0.29) is 29.8 Å². The molecule has 2 fully saturated rings. The summed E-state index contributed by atoms with van der Waals surface area (Å²) < 4.78 is 10.7. The molecule has 1 spiro atoms. The van der Waals surface area contributed by atoms with Crippen molar-refractivity contribution in [2.75, 3.05) is 20.8 Å². The van der Waals surface area contributed by atoms with Gasteiger partial charge in [0.15, 0.2) is 0 Å². The van der Waals surface area contributed by atoms with Crippen LogP contribution < -0.4 is 15.2 Å². The molecule has 6 heteroatoms. The maximum Gasteiger partial charge on any atom is 0.229 e. The van der Waals surface area contributed by atoms with Crippen molar-refractivity contribution in [3.05, 3.63) is 23.8 Å². The first-order chi connectivity index (χ1) is 11.1. The van der Waals surface area contributed by atoms with Crippen LogP contribution in [-0.2, 0) is 11.3 Å². The van der Waals surface area contributed by atoms with Gasteiger partial charge in [-0.3, -0.25) is 4.79 Å².